The van der Waals surface area contributed by atoms with E-state index in [0.717, 1.165) is 11.3 Å². The van der Waals surface area contributed by atoms with Crippen molar-refractivity contribution >= 4 is 17.7 Å². The first kappa shape index (κ1) is 13.8. The van der Waals surface area contributed by atoms with Crippen molar-refractivity contribution in [3.05, 3.63) is 66.2 Å². The molecule has 0 aliphatic heterocycles. The molecule has 4 heteroatoms. The molecule has 1 aromatic carbocycles. The largest absolute Gasteiger partial charge is 0.430 e. The maximum atomic E-state index is 11.6. The number of nitrogens with zero attached hydrogens (tertiary/aromatic N) is 2. The van der Waals surface area contributed by atoms with E-state index in [-0.39, 0.29) is 0 Å². The maximum Gasteiger partial charge on any atom is 0.361 e. The molecule has 0 saturated heterocycles. The number of rotatable bonds is 4. The number of hydrogen-bond donors (Lipinski definition) is 0. The third-order valence-electron chi connectivity index (χ3n) is 2.72. The van der Waals surface area contributed by atoms with Gasteiger partial charge in [0.2, 0.25) is 0 Å². The number of anilines is 1. The van der Waals surface area contributed by atoms with Gasteiger partial charge < -0.3 is 9.64 Å². The van der Waals surface area contributed by atoms with Gasteiger partial charge in [0, 0.05) is 26.0 Å². The lowest BCUT2D eigenvalue weighted by atomic mass is 10.2. The second-order valence-electron chi connectivity index (χ2n) is 4.41. The second kappa shape index (κ2) is 6.52. The minimum Gasteiger partial charge on any atom is -0.430 e. The van der Waals surface area contributed by atoms with Crippen LogP contribution in [0.25, 0.3) is 6.08 Å². The van der Waals surface area contributed by atoms with Crippen LogP contribution in [0.5, 0.6) is 0 Å². The number of benzene rings is 1. The number of carbonyl (C=O) groups is 1. The SMILES string of the molecule is CN(C)c1ccc(C=COC(=O)c2ccccn2)cc1. The molecule has 0 unspecified atom stereocenters. The zero-order valence-electron chi connectivity index (χ0n) is 11.5. The van der Waals surface area contributed by atoms with Crippen molar-refractivity contribution < 1.29 is 9.53 Å². The average molecular weight is 268 g/mol. The van der Waals surface area contributed by atoms with Crippen LogP contribution in [0.1, 0.15) is 16.1 Å². The van der Waals surface area contributed by atoms with Gasteiger partial charge in [-0.25, -0.2) is 9.78 Å². The van der Waals surface area contributed by atoms with Crippen LogP contribution in [-0.4, -0.2) is 25.0 Å². The Balaban J connectivity index is 1.95. The summed E-state index contributed by atoms with van der Waals surface area (Å²) in [5.41, 5.74) is 2.37. The average Bonchev–Trinajstić information content (AvgIpc) is 2.48. The van der Waals surface area contributed by atoms with Gasteiger partial charge in [-0.15, -0.1) is 0 Å². The Bertz CT molecular complexity index is 590. The number of hydrogen-bond acceptors (Lipinski definition) is 4. The summed E-state index contributed by atoms with van der Waals surface area (Å²) >= 11 is 0. The van der Waals surface area contributed by atoms with Crippen LogP contribution in [0, 0.1) is 0 Å². The van der Waals surface area contributed by atoms with Crippen LogP contribution < -0.4 is 4.90 Å². The molecule has 0 N–H and O–H groups in total. The molecule has 4 nitrogen and oxygen atoms in total. The Hall–Kier alpha value is -2.62. The molecular formula is C16H16N2O2. The molecule has 0 saturated carbocycles. The molecule has 20 heavy (non-hydrogen) atoms. The van der Waals surface area contributed by atoms with Gasteiger partial charge in [0.25, 0.3) is 0 Å². The topological polar surface area (TPSA) is 42.4 Å². The van der Waals surface area contributed by atoms with Gasteiger partial charge in [-0.05, 0) is 35.9 Å². The van der Waals surface area contributed by atoms with Crippen LogP contribution in [0.3, 0.4) is 0 Å². The van der Waals surface area contributed by atoms with Crippen LogP contribution in [0.15, 0.2) is 54.9 Å². The van der Waals surface area contributed by atoms with E-state index in [1.807, 2.05) is 43.3 Å². The van der Waals surface area contributed by atoms with Crippen molar-refractivity contribution in [2.45, 2.75) is 0 Å². The first-order chi connectivity index (χ1) is 9.66. The zero-order valence-corrected chi connectivity index (χ0v) is 11.5. The van der Waals surface area contributed by atoms with Gasteiger partial charge in [-0.1, -0.05) is 18.2 Å². The van der Waals surface area contributed by atoms with Crippen molar-refractivity contribution in [3.63, 3.8) is 0 Å². The van der Waals surface area contributed by atoms with Crippen molar-refractivity contribution in [1.29, 1.82) is 0 Å². The standard InChI is InChI=1S/C16H16N2O2/c1-18(2)14-8-6-13(7-9-14)10-12-20-16(19)15-5-3-4-11-17-15/h3-12H,1-2H3. The lowest BCUT2D eigenvalue weighted by Crippen LogP contribution is -2.07. The summed E-state index contributed by atoms with van der Waals surface area (Å²) in [6.07, 6.45) is 4.67. The van der Waals surface area contributed by atoms with Crippen LogP contribution in [0.2, 0.25) is 0 Å². The van der Waals surface area contributed by atoms with E-state index in [4.69, 9.17) is 4.74 Å². The molecule has 0 amide bonds. The fraction of sp³-hybridized carbons (Fsp3) is 0.125. The van der Waals surface area contributed by atoms with Crippen LogP contribution in [0.4, 0.5) is 5.69 Å². The molecule has 0 aliphatic rings. The fourth-order valence-corrected chi connectivity index (χ4v) is 1.60. The molecule has 0 bridgehead atoms. The number of esters is 1. The molecule has 1 aromatic heterocycles. The molecule has 1 heterocycles. The van der Waals surface area contributed by atoms with Crippen molar-refractivity contribution in [1.82, 2.24) is 4.98 Å². The highest BCUT2D eigenvalue weighted by atomic mass is 16.5. The summed E-state index contributed by atoms with van der Waals surface area (Å²) in [5.74, 6) is -0.466. The van der Waals surface area contributed by atoms with Gasteiger partial charge in [0.05, 0.1) is 6.26 Å². The first-order valence-corrected chi connectivity index (χ1v) is 6.23. The van der Waals surface area contributed by atoms with Crippen molar-refractivity contribution in [2.24, 2.45) is 0 Å². The van der Waals surface area contributed by atoms with E-state index in [0.29, 0.717) is 5.69 Å². The summed E-state index contributed by atoms with van der Waals surface area (Å²) in [7, 11) is 3.97. The summed E-state index contributed by atoms with van der Waals surface area (Å²) in [6, 6.07) is 13.0. The number of pyridine rings is 1. The Kier molecular flexibility index (Phi) is 4.50. The number of ether oxygens (including phenoxy) is 1. The lowest BCUT2D eigenvalue weighted by molar-refractivity contribution is 0.0659. The molecule has 0 atom stereocenters. The predicted octanol–water partition coefficient (Wildman–Crippen LogP) is 2.98. The van der Waals surface area contributed by atoms with Crippen molar-refractivity contribution in [3.8, 4) is 0 Å². The number of aromatic nitrogens is 1. The molecule has 102 valence electrons. The van der Waals surface area contributed by atoms with Gasteiger partial charge in [0.1, 0.15) is 5.69 Å². The Morgan fingerprint density at radius 3 is 2.50 bits per heavy atom. The molecule has 2 aromatic rings. The van der Waals surface area contributed by atoms with E-state index in [1.54, 1.807) is 30.5 Å². The molecule has 2 rings (SSSR count). The van der Waals surface area contributed by atoms with Gasteiger partial charge >= 0.3 is 5.97 Å². The summed E-state index contributed by atoms with van der Waals surface area (Å²) in [5, 5.41) is 0. The second-order valence-corrected chi connectivity index (χ2v) is 4.41. The number of carbonyl (C=O) groups excluding carboxylic acids is 1. The zero-order chi connectivity index (χ0) is 14.4. The highest BCUT2D eigenvalue weighted by Crippen LogP contribution is 2.13. The third kappa shape index (κ3) is 3.68. The van der Waals surface area contributed by atoms with Gasteiger partial charge in [-0.2, -0.15) is 0 Å². The smallest absolute Gasteiger partial charge is 0.361 e. The summed E-state index contributed by atoms with van der Waals surface area (Å²) in [4.78, 5) is 17.6. The highest BCUT2D eigenvalue weighted by molar-refractivity contribution is 5.87. The minimum atomic E-state index is -0.466. The molecule has 0 aliphatic carbocycles. The molecular weight excluding hydrogens is 252 g/mol. The van der Waals surface area contributed by atoms with Crippen molar-refractivity contribution in [2.75, 3.05) is 19.0 Å². The monoisotopic (exact) mass is 268 g/mol. The van der Waals surface area contributed by atoms with E-state index >= 15 is 0 Å². The quantitative estimate of drug-likeness (QED) is 0.631. The highest BCUT2D eigenvalue weighted by Gasteiger charge is 2.05. The molecule has 0 fully saturated rings. The van der Waals surface area contributed by atoms with E-state index in [9.17, 15) is 4.79 Å². The Morgan fingerprint density at radius 2 is 1.90 bits per heavy atom. The minimum absolute atomic E-state index is 0.292. The van der Waals surface area contributed by atoms with Crippen LogP contribution >= 0.6 is 0 Å². The first-order valence-electron chi connectivity index (χ1n) is 6.23. The van der Waals surface area contributed by atoms with E-state index in [1.165, 1.54) is 6.26 Å². The molecule has 0 radical (unpaired) electrons. The third-order valence-corrected chi connectivity index (χ3v) is 2.72. The Morgan fingerprint density at radius 1 is 1.15 bits per heavy atom. The fourth-order valence-electron chi connectivity index (χ4n) is 1.60. The maximum absolute atomic E-state index is 11.6. The van der Waals surface area contributed by atoms with Crippen LogP contribution in [-0.2, 0) is 4.74 Å². The molecule has 0 spiro atoms. The normalized spacial score (nSPS) is 10.5. The predicted molar refractivity (Wildman–Crippen MR) is 79.5 cm³/mol. The van der Waals surface area contributed by atoms with E-state index in [2.05, 4.69) is 4.98 Å². The summed E-state index contributed by atoms with van der Waals surface area (Å²) < 4.78 is 5.02. The lowest BCUT2D eigenvalue weighted by Gasteiger charge is -2.11. The van der Waals surface area contributed by atoms with Gasteiger partial charge in [-0.3, -0.25) is 0 Å². The Labute approximate surface area is 118 Å². The summed E-state index contributed by atoms with van der Waals surface area (Å²) in [6.45, 7) is 0. The van der Waals surface area contributed by atoms with E-state index < -0.39 is 5.97 Å². The van der Waals surface area contributed by atoms with Gasteiger partial charge in [0.15, 0.2) is 0 Å².